The molecule has 0 amide bonds. The highest BCUT2D eigenvalue weighted by molar-refractivity contribution is 5.99. The number of aryl methyl sites for hydroxylation is 1. The first kappa shape index (κ1) is 21.4. The summed E-state index contributed by atoms with van der Waals surface area (Å²) in [7, 11) is 0. The topological polar surface area (TPSA) is 105 Å². The highest BCUT2D eigenvalue weighted by Gasteiger charge is 2.22. The van der Waals surface area contributed by atoms with Gasteiger partial charge < -0.3 is 0 Å². The molecule has 3 aromatic carbocycles. The van der Waals surface area contributed by atoms with Crippen molar-refractivity contribution in [2.45, 2.75) is 6.92 Å². The summed E-state index contributed by atoms with van der Waals surface area (Å²) in [5.41, 5.74) is 4.72. The molecule has 3 heterocycles. The van der Waals surface area contributed by atoms with Crippen LogP contribution < -0.4 is 11.0 Å². The van der Waals surface area contributed by atoms with Gasteiger partial charge in [-0.05, 0) is 24.6 Å². The van der Waals surface area contributed by atoms with Gasteiger partial charge in [0, 0.05) is 22.9 Å². The molecule has 0 aliphatic rings. The molecule has 0 fully saturated rings. The Hall–Kier alpha value is -5.11. The van der Waals surface area contributed by atoms with Crippen LogP contribution in [0.2, 0.25) is 0 Å². The third kappa shape index (κ3) is 3.52. The number of rotatable bonds is 4. The van der Waals surface area contributed by atoms with E-state index in [2.05, 4.69) is 15.3 Å². The Balaban J connectivity index is 1.80. The highest BCUT2D eigenvalue weighted by Crippen LogP contribution is 2.34. The molecular weight excluding hydrogens is 450 g/mol. The molecule has 0 saturated carbocycles. The lowest BCUT2D eigenvalue weighted by atomic mass is 9.97. The molecular formula is C28H21N7O. The second-order valence-corrected chi connectivity index (χ2v) is 8.40. The van der Waals surface area contributed by atoms with Crippen LogP contribution in [0.1, 0.15) is 5.69 Å². The molecule has 36 heavy (non-hydrogen) atoms. The third-order valence-electron chi connectivity index (χ3n) is 5.99. The van der Waals surface area contributed by atoms with Gasteiger partial charge in [0.2, 0.25) is 5.95 Å². The van der Waals surface area contributed by atoms with E-state index in [-0.39, 0.29) is 22.6 Å². The van der Waals surface area contributed by atoms with Crippen LogP contribution in [0, 0.1) is 12.3 Å². The molecule has 0 aliphatic carbocycles. The molecule has 0 atom stereocenters. The fourth-order valence-electron chi connectivity index (χ4n) is 4.40. The minimum absolute atomic E-state index is 0.145. The van der Waals surface area contributed by atoms with Gasteiger partial charge in [-0.3, -0.25) is 19.9 Å². The molecule has 6 rings (SSSR count). The summed E-state index contributed by atoms with van der Waals surface area (Å²) in [4.78, 5) is 17.6. The Bertz CT molecular complexity index is 1820. The third-order valence-corrected chi connectivity index (χ3v) is 5.99. The number of nitrogens with zero attached hydrogens (tertiary/aromatic N) is 5. The smallest absolute Gasteiger partial charge is 0.274 e. The van der Waals surface area contributed by atoms with Crippen LogP contribution in [0.3, 0.4) is 0 Å². The van der Waals surface area contributed by atoms with Crippen molar-refractivity contribution in [3.8, 4) is 34.0 Å². The van der Waals surface area contributed by atoms with Crippen molar-refractivity contribution in [2.75, 3.05) is 0 Å². The van der Waals surface area contributed by atoms with Crippen molar-refractivity contribution in [3.63, 3.8) is 0 Å². The predicted octanol–water partition coefficient (Wildman–Crippen LogP) is 4.42. The van der Waals surface area contributed by atoms with Gasteiger partial charge in [-0.2, -0.15) is 9.67 Å². The van der Waals surface area contributed by atoms with Crippen molar-refractivity contribution >= 4 is 11.0 Å². The van der Waals surface area contributed by atoms with Crippen LogP contribution in [-0.4, -0.2) is 29.5 Å². The van der Waals surface area contributed by atoms with Crippen LogP contribution in [0.15, 0.2) is 102 Å². The summed E-state index contributed by atoms with van der Waals surface area (Å²) < 4.78 is 2.98. The standard InChI is InChI=1S/C28H21N7O/c1-18-17-22(36)35(33-18)28-30-27-24(26(29)34(28)21-15-9-4-10-16-21)23(19-11-5-2-6-12-19)25(31-32-27)20-13-7-3-8-14-20/h2-17,29,33H,1H3. The minimum atomic E-state index is -0.277. The van der Waals surface area contributed by atoms with Crippen LogP contribution in [0.25, 0.3) is 45.1 Å². The number of para-hydroxylation sites is 1. The number of benzene rings is 3. The average molecular weight is 472 g/mol. The highest BCUT2D eigenvalue weighted by atomic mass is 16.1. The zero-order valence-corrected chi connectivity index (χ0v) is 19.4. The van der Waals surface area contributed by atoms with Crippen LogP contribution in [0.5, 0.6) is 0 Å². The molecule has 8 nitrogen and oxygen atoms in total. The second-order valence-electron chi connectivity index (χ2n) is 8.40. The van der Waals surface area contributed by atoms with Crippen LogP contribution >= 0.6 is 0 Å². The molecule has 0 unspecified atom stereocenters. The number of aromatic amines is 1. The summed E-state index contributed by atoms with van der Waals surface area (Å²) in [6, 6.07) is 30.5. The molecule has 0 aliphatic heterocycles. The molecule has 0 bridgehead atoms. The van der Waals surface area contributed by atoms with E-state index >= 15 is 0 Å². The summed E-state index contributed by atoms with van der Waals surface area (Å²) in [5, 5.41) is 22.0. The lowest BCUT2D eigenvalue weighted by Gasteiger charge is -2.17. The second kappa shape index (κ2) is 8.59. The summed E-state index contributed by atoms with van der Waals surface area (Å²) in [6.07, 6.45) is 0. The Labute approximate surface area is 205 Å². The average Bonchev–Trinajstić information content (AvgIpc) is 3.26. The maximum absolute atomic E-state index is 12.8. The van der Waals surface area contributed by atoms with Gasteiger partial charge in [0.1, 0.15) is 11.2 Å². The Morgan fingerprint density at radius 2 is 1.42 bits per heavy atom. The van der Waals surface area contributed by atoms with Gasteiger partial charge in [0.25, 0.3) is 5.56 Å². The Morgan fingerprint density at radius 1 is 0.806 bits per heavy atom. The summed E-state index contributed by atoms with van der Waals surface area (Å²) >= 11 is 0. The minimum Gasteiger partial charge on any atom is -0.293 e. The molecule has 0 saturated heterocycles. The number of fused-ring (bicyclic) bond motifs is 1. The monoisotopic (exact) mass is 471 g/mol. The number of nitrogens with one attached hydrogen (secondary N) is 2. The number of H-pyrrole nitrogens is 1. The van der Waals surface area contributed by atoms with E-state index in [0.717, 1.165) is 16.7 Å². The molecule has 0 spiro atoms. The lowest BCUT2D eigenvalue weighted by molar-refractivity contribution is 0.724. The zero-order chi connectivity index (χ0) is 24.6. The molecule has 3 aromatic heterocycles. The number of aromatic nitrogens is 6. The molecule has 174 valence electrons. The summed E-state index contributed by atoms with van der Waals surface area (Å²) in [5.74, 6) is 0.234. The van der Waals surface area contributed by atoms with Crippen molar-refractivity contribution in [3.05, 3.63) is 119 Å². The quantitative estimate of drug-likeness (QED) is 0.397. The van der Waals surface area contributed by atoms with E-state index < -0.39 is 0 Å². The maximum atomic E-state index is 12.8. The van der Waals surface area contributed by atoms with Gasteiger partial charge in [0.15, 0.2) is 5.65 Å². The van der Waals surface area contributed by atoms with E-state index in [4.69, 9.17) is 4.98 Å². The molecule has 2 N–H and O–H groups in total. The Kier molecular flexibility index (Phi) is 5.11. The SMILES string of the molecule is Cc1cc(=O)n(-c2nc3nnc(-c4ccccc4)c(-c4ccccc4)c3c(=N)n2-c2ccccc2)[nH]1. The van der Waals surface area contributed by atoms with E-state index in [1.165, 1.54) is 10.7 Å². The van der Waals surface area contributed by atoms with Crippen LogP contribution in [-0.2, 0) is 0 Å². The van der Waals surface area contributed by atoms with E-state index in [1.807, 2.05) is 91.0 Å². The van der Waals surface area contributed by atoms with Gasteiger partial charge in [-0.1, -0.05) is 78.9 Å². The van der Waals surface area contributed by atoms with Gasteiger partial charge in [0.05, 0.1) is 11.1 Å². The van der Waals surface area contributed by atoms with Gasteiger partial charge >= 0.3 is 0 Å². The van der Waals surface area contributed by atoms with Gasteiger partial charge in [-0.15, -0.1) is 10.2 Å². The molecule has 6 aromatic rings. The first-order valence-electron chi connectivity index (χ1n) is 11.4. The molecule has 8 heteroatoms. The Morgan fingerprint density at radius 3 is 2.03 bits per heavy atom. The summed E-state index contributed by atoms with van der Waals surface area (Å²) in [6.45, 7) is 1.80. The first-order valence-corrected chi connectivity index (χ1v) is 11.4. The fourth-order valence-corrected chi connectivity index (χ4v) is 4.40. The van der Waals surface area contributed by atoms with Crippen molar-refractivity contribution < 1.29 is 0 Å². The number of hydrogen-bond acceptors (Lipinski definition) is 5. The van der Waals surface area contributed by atoms with Crippen molar-refractivity contribution in [1.82, 2.24) is 29.5 Å². The largest absolute Gasteiger partial charge is 0.293 e. The van der Waals surface area contributed by atoms with E-state index in [0.29, 0.717) is 22.5 Å². The fraction of sp³-hybridized carbons (Fsp3) is 0.0357. The van der Waals surface area contributed by atoms with Crippen LogP contribution in [0.4, 0.5) is 0 Å². The normalized spacial score (nSPS) is 11.1. The first-order chi connectivity index (χ1) is 17.6. The zero-order valence-electron chi connectivity index (χ0n) is 19.4. The molecule has 0 radical (unpaired) electrons. The number of hydrogen-bond donors (Lipinski definition) is 2. The van der Waals surface area contributed by atoms with Crippen molar-refractivity contribution in [2.24, 2.45) is 0 Å². The van der Waals surface area contributed by atoms with E-state index in [9.17, 15) is 10.2 Å². The van der Waals surface area contributed by atoms with Crippen molar-refractivity contribution in [1.29, 1.82) is 5.41 Å². The van der Waals surface area contributed by atoms with E-state index in [1.54, 1.807) is 11.5 Å². The maximum Gasteiger partial charge on any atom is 0.274 e. The van der Waals surface area contributed by atoms with Gasteiger partial charge in [-0.25, -0.2) is 0 Å². The predicted molar refractivity (Wildman–Crippen MR) is 138 cm³/mol. The lowest BCUT2D eigenvalue weighted by Crippen LogP contribution is -2.29.